The van der Waals surface area contributed by atoms with Crippen molar-refractivity contribution in [1.82, 2.24) is 9.38 Å². The minimum absolute atomic E-state index is 0.216. The van der Waals surface area contributed by atoms with Crippen LogP contribution in [0.4, 0.5) is 11.5 Å². The Kier molecular flexibility index (Phi) is 3.60. The molecule has 21 heavy (non-hydrogen) atoms. The summed E-state index contributed by atoms with van der Waals surface area (Å²) in [5.41, 5.74) is 1.17. The van der Waals surface area contributed by atoms with Crippen LogP contribution in [0.3, 0.4) is 0 Å². The van der Waals surface area contributed by atoms with Crippen LogP contribution in [0.25, 0.3) is 5.65 Å². The van der Waals surface area contributed by atoms with E-state index < -0.39 is 0 Å². The summed E-state index contributed by atoms with van der Waals surface area (Å²) in [5.74, 6) is 0.344. The third kappa shape index (κ3) is 2.61. The standard InChI is InChI=1S/C15H12ClN3O2/c16-10-4-6-11(7-5-10)17-14-12(9-20)15(21)19-8-2-1-3-13(19)18-14/h1-8,17,20H,9H2. The van der Waals surface area contributed by atoms with Crippen LogP contribution in [-0.4, -0.2) is 14.5 Å². The molecule has 1 aromatic carbocycles. The quantitative estimate of drug-likeness (QED) is 0.780. The van der Waals surface area contributed by atoms with E-state index >= 15 is 0 Å². The smallest absolute Gasteiger partial charge is 0.265 e. The molecule has 0 fully saturated rings. The number of hydrogen-bond acceptors (Lipinski definition) is 4. The molecule has 0 unspecified atom stereocenters. The van der Waals surface area contributed by atoms with E-state index in [4.69, 9.17) is 11.6 Å². The molecule has 3 aromatic rings. The van der Waals surface area contributed by atoms with Gasteiger partial charge in [-0.05, 0) is 36.4 Å². The highest BCUT2D eigenvalue weighted by molar-refractivity contribution is 6.30. The predicted octanol–water partition coefficient (Wildman–Crippen LogP) is 2.58. The number of halogens is 1. The second-order valence-electron chi connectivity index (χ2n) is 4.46. The van der Waals surface area contributed by atoms with Crippen LogP contribution in [0.2, 0.25) is 5.02 Å². The number of aromatic nitrogens is 2. The third-order valence-corrected chi connectivity index (χ3v) is 3.34. The number of nitrogens with one attached hydrogen (secondary N) is 1. The zero-order valence-corrected chi connectivity index (χ0v) is 11.7. The topological polar surface area (TPSA) is 66.6 Å². The average molecular weight is 302 g/mol. The van der Waals surface area contributed by atoms with E-state index in [-0.39, 0.29) is 17.7 Å². The fourth-order valence-electron chi connectivity index (χ4n) is 2.04. The summed E-state index contributed by atoms with van der Waals surface area (Å²) in [7, 11) is 0. The summed E-state index contributed by atoms with van der Waals surface area (Å²) in [4.78, 5) is 16.7. The van der Waals surface area contributed by atoms with Crippen molar-refractivity contribution in [2.24, 2.45) is 0 Å². The van der Waals surface area contributed by atoms with Crippen LogP contribution in [0.1, 0.15) is 5.56 Å². The number of anilines is 2. The first-order valence-electron chi connectivity index (χ1n) is 6.33. The highest BCUT2D eigenvalue weighted by Crippen LogP contribution is 2.19. The molecule has 0 atom stereocenters. The maximum Gasteiger partial charge on any atom is 0.265 e. The molecule has 2 heterocycles. The Morgan fingerprint density at radius 1 is 1.19 bits per heavy atom. The molecule has 106 valence electrons. The van der Waals surface area contributed by atoms with Gasteiger partial charge < -0.3 is 10.4 Å². The number of pyridine rings is 1. The van der Waals surface area contributed by atoms with E-state index in [9.17, 15) is 9.90 Å². The molecule has 0 saturated heterocycles. The lowest BCUT2D eigenvalue weighted by atomic mass is 10.2. The molecule has 0 saturated carbocycles. The van der Waals surface area contributed by atoms with Gasteiger partial charge in [-0.15, -0.1) is 0 Å². The molecular formula is C15H12ClN3O2. The third-order valence-electron chi connectivity index (χ3n) is 3.09. The monoisotopic (exact) mass is 301 g/mol. The Labute approximate surface area is 125 Å². The lowest BCUT2D eigenvalue weighted by Crippen LogP contribution is -2.21. The Morgan fingerprint density at radius 3 is 2.67 bits per heavy atom. The van der Waals surface area contributed by atoms with Crippen LogP contribution in [0.15, 0.2) is 53.5 Å². The summed E-state index contributed by atoms with van der Waals surface area (Å²) >= 11 is 5.84. The molecule has 0 radical (unpaired) electrons. The van der Waals surface area contributed by atoms with Gasteiger partial charge in [-0.3, -0.25) is 9.20 Å². The minimum atomic E-state index is -0.389. The molecule has 5 nitrogen and oxygen atoms in total. The fraction of sp³-hybridized carbons (Fsp3) is 0.0667. The first kappa shape index (κ1) is 13.6. The summed E-state index contributed by atoms with van der Waals surface area (Å²) in [6.07, 6.45) is 1.62. The van der Waals surface area contributed by atoms with Crippen molar-refractivity contribution in [3.63, 3.8) is 0 Å². The number of aliphatic hydroxyl groups is 1. The SMILES string of the molecule is O=c1c(CO)c(Nc2ccc(Cl)cc2)nc2ccccn12. The number of nitrogens with zero attached hydrogens (tertiary/aromatic N) is 2. The van der Waals surface area contributed by atoms with Crippen LogP contribution in [0.5, 0.6) is 0 Å². The van der Waals surface area contributed by atoms with E-state index in [1.807, 2.05) is 0 Å². The largest absolute Gasteiger partial charge is 0.391 e. The Balaban J connectivity index is 2.13. The van der Waals surface area contributed by atoms with Gasteiger partial charge in [0, 0.05) is 16.9 Å². The van der Waals surface area contributed by atoms with Crippen LogP contribution in [0, 0.1) is 0 Å². The van der Waals surface area contributed by atoms with Gasteiger partial charge in [0.15, 0.2) is 0 Å². The first-order valence-corrected chi connectivity index (χ1v) is 6.70. The van der Waals surface area contributed by atoms with Crippen LogP contribution < -0.4 is 10.9 Å². The molecule has 6 heteroatoms. The van der Waals surface area contributed by atoms with Crippen molar-refractivity contribution in [2.45, 2.75) is 6.61 Å². The molecule has 0 aliphatic rings. The van der Waals surface area contributed by atoms with E-state index in [1.54, 1.807) is 48.7 Å². The molecule has 0 aliphatic heterocycles. The van der Waals surface area contributed by atoms with Gasteiger partial charge in [-0.2, -0.15) is 0 Å². The van der Waals surface area contributed by atoms with E-state index in [0.717, 1.165) is 5.69 Å². The number of fused-ring (bicyclic) bond motifs is 1. The normalized spacial score (nSPS) is 10.8. The maximum absolute atomic E-state index is 12.3. The average Bonchev–Trinajstić information content (AvgIpc) is 2.50. The zero-order valence-electron chi connectivity index (χ0n) is 11.0. The minimum Gasteiger partial charge on any atom is -0.391 e. The number of hydrogen-bond donors (Lipinski definition) is 2. The highest BCUT2D eigenvalue weighted by Gasteiger charge is 2.11. The van der Waals surface area contributed by atoms with Crippen molar-refractivity contribution in [3.05, 3.63) is 69.6 Å². The summed E-state index contributed by atoms with van der Waals surface area (Å²) in [6.45, 7) is -0.389. The van der Waals surface area contributed by atoms with Gasteiger partial charge in [0.25, 0.3) is 5.56 Å². The summed E-state index contributed by atoms with van der Waals surface area (Å²) in [5, 5.41) is 13.1. The van der Waals surface area contributed by atoms with Crippen molar-refractivity contribution in [1.29, 1.82) is 0 Å². The van der Waals surface area contributed by atoms with E-state index in [0.29, 0.717) is 16.5 Å². The van der Waals surface area contributed by atoms with Gasteiger partial charge >= 0.3 is 0 Å². The Hall–Kier alpha value is -2.37. The van der Waals surface area contributed by atoms with Gasteiger partial charge in [-0.25, -0.2) is 4.98 Å². The highest BCUT2D eigenvalue weighted by atomic mass is 35.5. The van der Waals surface area contributed by atoms with Gasteiger partial charge in [0.2, 0.25) is 0 Å². The lowest BCUT2D eigenvalue weighted by molar-refractivity contribution is 0.280. The number of benzene rings is 1. The molecule has 3 rings (SSSR count). The molecular weight excluding hydrogens is 290 g/mol. The second-order valence-corrected chi connectivity index (χ2v) is 4.90. The van der Waals surface area contributed by atoms with Crippen molar-refractivity contribution >= 4 is 28.8 Å². The van der Waals surface area contributed by atoms with Crippen LogP contribution >= 0.6 is 11.6 Å². The predicted molar refractivity (Wildman–Crippen MR) is 82.1 cm³/mol. The summed E-state index contributed by atoms with van der Waals surface area (Å²) < 4.78 is 1.40. The van der Waals surface area contributed by atoms with Crippen molar-refractivity contribution in [2.75, 3.05) is 5.32 Å². The Bertz CT molecular complexity index is 844. The second kappa shape index (κ2) is 5.55. The van der Waals surface area contributed by atoms with E-state index in [2.05, 4.69) is 10.3 Å². The van der Waals surface area contributed by atoms with Crippen molar-refractivity contribution in [3.8, 4) is 0 Å². The maximum atomic E-state index is 12.3. The number of aliphatic hydroxyl groups excluding tert-OH is 1. The Morgan fingerprint density at radius 2 is 1.95 bits per heavy atom. The molecule has 0 aliphatic carbocycles. The molecule has 2 N–H and O–H groups in total. The molecule has 0 bridgehead atoms. The lowest BCUT2D eigenvalue weighted by Gasteiger charge is -2.11. The molecule has 0 spiro atoms. The van der Waals surface area contributed by atoms with Gasteiger partial charge in [0.1, 0.15) is 11.5 Å². The fourth-order valence-corrected chi connectivity index (χ4v) is 2.17. The molecule has 2 aromatic heterocycles. The summed E-state index contributed by atoms with van der Waals surface area (Å²) in [6, 6.07) is 12.3. The molecule has 0 amide bonds. The number of rotatable bonds is 3. The zero-order chi connectivity index (χ0) is 14.8. The van der Waals surface area contributed by atoms with Crippen LogP contribution in [-0.2, 0) is 6.61 Å². The first-order chi connectivity index (χ1) is 10.2. The van der Waals surface area contributed by atoms with E-state index in [1.165, 1.54) is 4.40 Å². The van der Waals surface area contributed by atoms with Crippen molar-refractivity contribution < 1.29 is 5.11 Å². The van der Waals surface area contributed by atoms with Gasteiger partial charge in [-0.1, -0.05) is 17.7 Å². The van der Waals surface area contributed by atoms with Gasteiger partial charge in [0.05, 0.1) is 12.2 Å².